The largest absolute Gasteiger partial charge is 0.481 e. The summed E-state index contributed by atoms with van der Waals surface area (Å²) in [6.45, 7) is 10.7. The normalized spacial score (nSPS) is 24.1. The van der Waals surface area contributed by atoms with Crippen molar-refractivity contribution < 1.29 is 23.1 Å². The first-order chi connectivity index (χ1) is 15.4. The van der Waals surface area contributed by atoms with E-state index in [0.717, 1.165) is 56.5 Å². The third-order valence-corrected chi connectivity index (χ3v) is 7.14. The van der Waals surface area contributed by atoms with Crippen LogP contribution < -0.4 is 5.32 Å². The highest BCUT2D eigenvalue weighted by molar-refractivity contribution is 5.68. The lowest BCUT2D eigenvalue weighted by Gasteiger charge is -2.48. The third-order valence-electron chi connectivity index (χ3n) is 7.14. The Labute approximate surface area is 196 Å². The highest BCUT2D eigenvalue weighted by Crippen LogP contribution is 2.43. The Bertz CT molecular complexity index is 737. The molecule has 3 unspecified atom stereocenters. The van der Waals surface area contributed by atoms with Crippen molar-refractivity contribution in [3.05, 3.63) is 35.4 Å². The molecule has 1 aliphatic rings. The van der Waals surface area contributed by atoms with Gasteiger partial charge in [0.25, 0.3) is 0 Å². The molecule has 0 aromatic heterocycles. The van der Waals surface area contributed by atoms with Crippen LogP contribution in [0.15, 0.2) is 24.3 Å². The van der Waals surface area contributed by atoms with Crippen molar-refractivity contribution in [2.45, 2.75) is 89.9 Å². The van der Waals surface area contributed by atoms with E-state index in [-0.39, 0.29) is 18.4 Å². The first-order valence-electron chi connectivity index (χ1n) is 12.2. The summed E-state index contributed by atoms with van der Waals surface area (Å²) in [7, 11) is 1.79. The molecule has 1 saturated carbocycles. The van der Waals surface area contributed by atoms with Gasteiger partial charge in [0.1, 0.15) is 0 Å². The van der Waals surface area contributed by atoms with E-state index in [2.05, 4.69) is 37.9 Å². The molecule has 0 saturated heterocycles. The molecule has 1 aromatic carbocycles. The third kappa shape index (κ3) is 7.99. The molecule has 0 aliphatic heterocycles. The smallest absolute Gasteiger partial charge is 0.416 e. The Morgan fingerprint density at radius 3 is 2.09 bits per heavy atom. The van der Waals surface area contributed by atoms with E-state index in [1.807, 2.05) is 0 Å². The van der Waals surface area contributed by atoms with E-state index in [9.17, 15) is 23.1 Å². The molecule has 2 rings (SSSR count). The highest BCUT2D eigenvalue weighted by atomic mass is 19.4. The van der Waals surface area contributed by atoms with Crippen molar-refractivity contribution in [1.29, 1.82) is 0 Å². The van der Waals surface area contributed by atoms with Gasteiger partial charge < -0.3 is 10.4 Å². The van der Waals surface area contributed by atoms with Gasteiger partial charge in [0.2, 0.25) is 0 Å². The van der Waals surface area contributed by atoms with Crippen molar-refractivity contribution in [2.75, 3.05) is 20.1 Å². The van der Waals surface area contributed by atoms with Crippen LogP contribution in [0.25, 0.3) is 0 Å². The van der Waals surface area contributed by atoms with Crippen molar-refractivity contribution in [3.8, 4) is 0 Å². The van der Waals surface area contributed by atoms with Crippen LogP contribution in [0.2, 0.25) is 0 Å². The van der Waals surface area contributed by atoms with Gasteiger partial charge in [0.05, 0.1) is 12.0 Å². The zero-order valence-electron chi connectivity index (χ0n) is 20.7. The lowest BCUT2D eigenvalue weighted by molar-refractivity contribution is -0.139. The molecule has 1 aliphatic carbocycles. The van der Waals surface area contributed by atoms with Crippen LogP contribution in [0.1, 0.15) is 83.3 Å². The Balaban J connectivity index is 2.41. The molecule has 33 heavy (non-hydrogen) atoms. The maximum atomic E-state index is 13.2. The Kier molecular flexibility index (Phi) is 9.80. The molecule has 0 bridgehead atoms. The van der Waals surface area contributed by atoms with Crippen molar-refractivity contribution in [1.82, 2.24) is 10.2 Å². The fraction of sp³-hybridized carbons (Fsp3) is 0.731. The number of carbonyl (C=O) groups is 1. The van der Waals surface area contributed by atoms with E-state index in [1.165, 1.54) is 0 Å². The number of alkyl halides is 3. The number of hydrogen-bond acceptors (Lipinski definition) is 3. The second kappa shape index (κ2) is 11.7. The predicted molar refractivity (Wildman–Crippen MR) is 126 cm³/mol. The molecule has 3 atom stereocenters. The first kappa shape index (κ1) is 27.6. The number of aliphatic carboxylic acids is 1. The fourth-order valence-corrected chi connectivity index (χ4v) is 5.04. The molecule has 7 heteroatoms. The van der Waals surface area contributed by atoms with Crippen LogP contribution in [0.4, 0.5) is 13.2 Å². The van der Waals surface area contributed by atoms with E-state index in [0.29, 0.717) is 18.3 Å². The van der Waals surface area contributed by atoms with Gasteiger partial charge in [-0.25, -0.2) is 0 Å². The van der Waals surface area contributed by atoms with E-state index in [4.69, 9.17) is 0 Å². The standard InChI is InChI=1S/C26H41F3N2O2/c1-18(2)11-14-31(15-12-19(3)4)23-10-13-25(30-5,17-24(32)33)16-22(23)20-6-8-21(9-7-20)26(27,28)29/h6-9,18-19,22-23,30H,10-17H2,1-5H3,(H,32,33). The molecule has 0 heterocycles. The number of halogens is 3. The van der Waals surface area contributed by atoms with Gasteiger partial charge in [-0.2, -0.15) is 13.2 Å². The SMILES string of the molecule is CNC1(CC(=O)O)CCC(N(CCC(C)C)CCC(C)C)C(c2ccc(C(F)(F)F)cc2)C1. The number of carboxylic acid groups (broad SMARTS) is 1. The maximum absolute atomic E-state index is 13.2. The summed E-state index contributed by atoms with van der Waals surface area (Å²) in [5.74, 6) is 0.226. The van der Waals surface area contributed by atoms with Gasteiger partial charge in [-0.15, -0.1) is 0 Å². The number of rotatable bonds is 11. The summed E-state index contributed by atoms with van der Waals surface area (Å²) in [4.78, 5) is 14.1. The zero-order chi connectivity index (χ0) is 24.8. The molecule has 188 valence electrons. The Morgan fingerprint density at radius 2 is 1.67 bits per heavy atom. The number of nitrogens with one attached hydrogen (secondary N) is 1. The van der Waals surface area contributed by atoms with Gasteiger partial charge in [0, 0.05) is 17.5 Å². The summed E-state index contributed by atoms with van der Waals surface area (Å²) >= 11 is 0. The van der Waals surface area contributed by atoms with Crippen LogP contribution in [-0.2, 0) is 11.0 Å². The second-order valence-corrected chi connectivity index (χ2v) is 10.5. The molecule has 4 nitrogen and oxygen atoms in total. The number of benzene rings is 1. The number of hydrogen-bond donors (Lipinski definition) is 2. The van der Waals surface area contributed by atoms with Crippen LogP contribution in [0.3, 0.4) is 0 Å². The van der Waals surface area contributed by atoms with Gasteiger partial charge >= 0.3 is 12.1 Å². The summed E-state index contributed by atoms with van der Waals surface area (Å²) in [5.41, 5.74) is -0.352. The fourth-order valence-electron chi connectivity index (χ4n) is 5.04. The molecular weight excluding hydrogens is 429 g/mol. The van der Waals surface area contributed by atoms with Crippen molar-refractivity contribution in [3.63, 3.8) is 0 Å². The number of carboxylic acids is 1. The van der Waals surface area contributed by atoms with Crippen LogP contribution >= 0.6 is 0 Å². The molecule has 1 aromatic rings. The molecule has 1 fully saturated rings. The average Bonchev–Trinajstić information content (AvgIpc) is 2.73. The zero-order valence-corrected chi connectivity index (χ0v) is 20.7. The van der Waals surface area contributed by atoms with Crippen molar-refractivity contribution >= 4 is 5.97 Å². The number of nitrogens with zero attached hydrogens (tertiary/aromatic N) is 1. The molecular formula is C26H41F3N2O2. The van der Waals surface area contributed by atoms with Gasteiger partial charge in [-0.3, -0.25) is 9.69 Å². The average molecular weight is 471 g/mol. The second-order valence-electron chi connectivity index (χ2n) is 10.5. The van der Waals surface area contributed by atoms with Crippen LogP contribution in [0, 0.1) is 11.8 Å². The van der Waals surface area contributed by atoms with Gasteiger partial charge in [-0.1, -0.05) is 39.8 Å². The molecule has 0 spiro atoms. The van der Waals surface area contributed by atoms with Gasteiger partial charge in [-0.05, 0) is 81.8 Å². The quantitative estimate of drug-likeness (QED) is 0.406. The minimum Gasteiger partial charge on any atom is -0.481 e. The van der Waals surface area contributed by atoms with E-state index < -0.39 is 23.2 Å². The van der Waals surface area contributed by atoms with E-state index in [1.54, 1.807) is 19.2 Å². The van der Waals surface area contributed by atoms with Crippen molar-refractivity contribution in [2.24, 2.45) is 11.8 Å². The topological polar surface area (TPSA) is 52.6 Å². The first-order valence-corrected chi connectivity index (χ1v) is 12.2. The summed E-state index contributed by atoms with van der Waals surface area (Å²) in [5, 5.41) is 12.8. The monoisotopic (exact) mass is 470 g/mol. The summed E-state index contributed by atoms with van der Waals surface area (Å²) < 4.78 is 39.5. The van der Waals surface area contributed by atoms with Gasteiger partial charge in [0.15, 0.2) is 0 Å². The lowest BCUT2D eigenvalue weighted by Crippen LogP contribution is -2.54. The highest BCUT2D eigenvalue weighted by Gasteiger charge is 2.44. The maximum Gasteiger partial charge on any atom is 0.416 e. The Hall–Kier alpha value is -1.60. The summed E-state index contributed by atoms with van der Waals surface area (Å²) in [6.07, 6.45) is -0.116. The minimum absolute atomic E-state index is 0.00530. The van der Waals surface area contributed by atoms with E-state index >= 15 is 0 Å². The minimum atomic E-state index is -4.37. The molecule has 2 N–H and O–H groups in total. The predicted octanol–water partition coefficient (Wildman–Crippen LogP) is 6.17. The summed E-state index contributed by atoms with van der Waals surface area (Å²) in [6, 6.07) is 5.68. The van der Waals surface area contributed by atoms with Crippen LogP contribution in [0.5, 0.6) is 0 Å². The lowest BCUT2D eigenvalue weighted by atomic mass is 9.68. The van der Waals surface area contributed by atoms with Crippen LogP contribution in [-0.4, -0.2) is 47.7 Å². The molecule has 0 radical (unpaired) electrons. The Morgan fingerprint density at radius 1 is 1.12 bits per heavy atom. The molecule has 0 amide bonds.